The number of anilines is 1. The Labute approximate surface area is 264 Å². The first-order valence-electron chi connectivity index (χ1n) is 14.5. The fraction of sp³-hybridized carbons (Fsp3) is 0.303. The fourth-order valence-corrected chi connectivity index (χ4v) is 5.69. The molecule has 10 nitrogen and oxygen atoms in total. The molecule has 1 aliphatic rings. The predicted octanol–water partition coefficient (Wildman–Crippen LogP) is 5.28. The highest BCUT2D eigenvalue weighted by molar-refractivity contribution is 6.30. The lowest BCUT2D eigenvalue weighted by Gasteiger charge is -2.25. The van der Waals surface area contributed by atoms with E-state index in [9.17, 15) is 23.6 Å². The van der Waals surface area contributed by atoms with E-state index in [4.69, 9.17) is 16.3 Å². The molecule has 2 aromatic carbocycles. The molecular weight excluding hydrogens is 601 g/mol. The molecule has 45 heavy (non-hydrogen) atoms. The van der Waals surface area contributed by atoms with Crippen molar-refractivity contribution in [1.29, 1.82) is 0 Å². The molecule has 0 aliphatic carbocycles. The number of amides is 2. The Bertz CT molecular complexity index is 1870. The highest BCUT2D eigenvalue weighted by atomic mass is 35.5. The summed E-state index contributed by atoms with van der Waals surface area (Å²) in [5.41, 5.74) is 3.26. The summed E-state index contributed by atoms with van der Waals surface area (Å²) in [6.07, 6.45) is 2.92. The maximum Gasteiger partial charge on any atom is 0.309 e. The van der Waals surface area contributed by atoms with Crippen LogP contribution in [0.5, 0.6) is 0 Å². The normalized spacial score (nSPS) is 16.5. The lowest BCUT2D eigenvalue weighted by Crippen LogP contribution is -2.33. The van der Waals surface area contributed by atoms with E-state index in [0.717, 1.165) is 0 Å². The molecule has 2 bridgehead atoms. The maximum atomic E-state index is 14.8. The molecule has 4 aromatic rings. The number of ether oxygens (including phenoxy) is 1. The molecule has 0 radical (unpaired) electrons. The van der Waals surface area contributed by atoms with Gasteiger partial charge in [0.05, 0.1) is 42.0 Å². The van der Waals surface area contributed by atoms with Gasteiger partial charge in [0, 0.05) is 36.0 Å². The summed E-state index contributed by atoms with van der Waals surface area (Å²) in [6, 6.07) is 12.4. The number of carbonyl (C=O) groups excluding carboxylic acids is 3. The number of benzene rings is 2. The van der Waals surface area contributed by atoms with Crippen LogP contribution in [-0.2, 0) is 27.8 Å². The van der Waals surface area contributed by atoms with Crippen LogP contribution < -0.4 is 16.2 Å². The molecule has 0 saturated carbocycles. The number of methoxy groups -OCH3 is 1. The van der Waals surface area contributed by atoms with E-state index < -0.39 is 23.7 Å². The third-order valence-corrected chi connectivity index (χ3v) is 8.47. The largest absolute Gasteiger partial charge is 0.469 e. The van der Waals surface area contributed by atoms with Crippen LogP contribution in [0.3, 0.4) is 0 Å². The first kappa shape index (κ1) is 31.6. The van der Waals surface area contributed by atoms with Gasteiger partial charge in [-0.1, -0.05) is 43.1 Å². The summed E-state index contributed by atoms with van der Waals surface area (Å²) < 4.78 is 22.4. The van der Waals surface area contributed by atoms with Crippen molar-refractivity contribution < 1.29 is 23.5 Å². The van der Waals surface area contributed by atoms with Crippen LogP contribution in [-0.4, -0.2) is 39.2 Å². The van der Waals surface area contributed by atoms with Gasteiger partial charge in [0.1, 0.15) is 5.69 Å². The summed E-state index contributed by atoms with van der Waals surface area (Å²) in [5.74, 6) is -2.08. The van der Waals surface area contributed by atoms with Crippen LogP contribution in [0, 0.1) is 18.7 Å². The van der Waals surface area contributed by atoms with Crippen molar-refractivity contribution >= 4 is 35.1 Å². The molecule has 0 spiro atoms. The number of hydrogen-bond acceptors (Lipinski definition) is 6. The lowest BCUT2D eigenvalue weighted by atomic mass is 9.94. The Morgan fingerprint density at radius 3 is 2.69 bits per heavy atom. The molecule has 2 atom stereocenters. The summed E-state index contributed by atoms with van der Waals surface area (Å²) in [6.45, 7) is 3.49. The van der Waals surface area contributed by atoms with Gasteiger partial charge in [-0.05, 0) is 55.2 Å². The van der Waals surface area contributed by atoms with Gasteiger partial charge >= 0.3 is 5.97 Å². The Hall–Kier alpha value is -4.77. The standard InChI is InChI=1S/C33H33ClFN5O5/c1-18-7-5-9-25(37-33(44)23-17-36-40(19(23)2)27-10-6-8-24(34)31(27)35)28-15-21(16-29(41)39(28)3)22-12-11-20(14-30(42)45-4)13-26(22)38-32(18)43/h6,8,10-13,15-18,25H,5,7,9,14H2,1-4H3,(H,37,44)(H,38,43)/t18-,25+/m1/s1. The van der Waals surface area contributed by atoms with E-state index in [2.05, 4.69) is 15.7 Å². The van der Waals surface area contributed by atoms with Crippen LogP contribution in [0.2, 0.25) is 5.02 Å². The molecule has 0 saturated heterocycles. The molecule has 12 heteroatoms. The van der Waals surface area contributed by atoms with Gasteiger partial charge in [-0.15, -0.1) is 0 Å². The monoisotopic (exact) mass is 633 g/mol. The minimum absolute atomic E-state index is 0.0189. The minimum atomic E-state index is -0.653. The number of nitrogens with one attached hydrogen (secondary N) is 2. The Balaban J connectivity index is 1.55. The highest BCUT2D eigenvalue weighted by Gasteiger charge is 2.26. The summed E-state index contributed by atoms with van der Waals surface area (Å²) in [7, 11) is 2.95. The van der Waals surface area contributed by atoms with E-state index >= 15 is 0 Å². The van der Waals surface area contributed by atoms with Gasteiger partial charge in [-0.25, -0.2) is 9.07 Å². The Morgan fingerprint density at radius 1 is 1.16 bits per heavy atom. The van der Waals surface area contributed by atoms with E-state index in [-0.39, 0.29) is 40.1 Å². The maximum absolute atomic E-state index is 14.8. The van der Waals surface area contributed by atoms with E-state index in [1.807, 2.05) is 13.0 Å². The average molecular weight is 634 g/mol. The van der Waals surface area contributed by atoms with Crippen LogP contribution in [0.4, 0.5) is 10.1 Å². The van der Waals surface area contributed by atoms with Crippen molar-refractivity contribution in [3.8, 4) is 16.8 Å². The number of rotatable bonds is 5. The molecule has 2 aromatic heterocycles. The van der Waals surface area contributed by atoms with Crippen LogP contribution in [0.1, 0.15) is 59.5 Å². The zero-order chi connectivity index (χ0) is 32.4. The number of hydrogen-bond donors (Lipinski definition) is 2. The van der Waals surface area contributed by atoms with Gasteiger partial charge in [-0.2, -0.15) is 5.10 Å². The molecule has 5 rings (SSSR count). The first-order chi connectivity index (χ1) is 21.5. The van der Waals surface area contributed by atoms with Crippen molar-refractivity contribution in [2.45, 2.75) is 45.6 Å². The molecule has 234 valence electrons. The molecule has 2 N–H and O–H groups in total. The number of pyridine rings is 1. The van der Waals surface area contributed by atoms with Crippen molar-refractivity contribution in [2.24, 2.45) is 13.0 Å². The van der Waals surface area contributed by atoms with Crippen LogP contribution in [0.25, 0.3) is 16.8 Å². The second kappa shape index (κ2) is 13.1. The first-order valence-corrected chi connectivity index (χ1v) is 14.9. The summed E-state index contributed by atoms with van der Waals surface area (Å²) >= 11 is 5.97. The highest BCUT2D eigenvalue weighted by Crippen LogP contribution is 2.33. The van der Waals surface area contributed by atoms with E-state index in [1.165, 1.54) is 40.8 Å². The number of fused-ring (bicyclic) bond motifs is 4. The number of esters is 1. The smallest absolute Gasteiger partial charge is 0.309 e. The van der Waals surface area contributed by atoms with Crippen molar-refractivity contribution in [2.75, 3.05) is 12.4 Å². The van der Waals surface area contributed by atoms with E-state index in [0.29, 0.717) is 53.0 Å². The third kappa shape index (κ3) is 6.53. The van der Waals surface area contributed by atoms with Crippen molar-refractivity contribution in [3.05, 3.63) is 98.4 Å². The SMILES string of the molecule is COC(=O)Cc1ccc2c(c1)NC(=O)[C@H](C)CCC[C@H](NC(=O)c1cnn(-c3cccc(Cl)c3F)c1C)c1cc-2cc(=O)n1C. The lowest BCUT2D eigenvalue weighted by molar-refractivity contribution is -0.139. The second-order valence-corrected chi connectivity index (χ2v) is 11.6. The van der Waals surface area contributed by atoms with Gasteiger partial charge < -0.3 is 19.9 Å². The second-order valence-electron chi connectivity index (χ2n) is 11.2. The number of carbonyl (C=O) groups is 3. The van der Waals surface area contributed by atoms with E-state index in [1.54, 1.807) is 38.2 Å². The zero-order valence-electron chi connectivity index (χ0n) is 25.3. The fourth-order valence-electron chi connectivity index (χ4n) is 5.52. The summed E-state index contributed by atoms with van der Waals surface area (Å²) in [5, 5.41) is 10.2. The van der Waals surface area contributed by atoms with Crippen LogP contribution in [0.15, 0.2) is 59.5 Å². The summed E-state index contributed by atoms with van der Waals surface area (Å²) in [4.78, 5) is 52.1. The average Bonchev–Trinajstić information content (AvgIpc) is 3.39. The number of nitrogens with zero attached hydrogens (tertiary/aromatic N) is 3. The van der Waals surface area contributed by atoms with Crippen molar-refractivity contribution in [1.82, 2.24) is 19.7 Å². The van der Waals surface area contributed by atoms with Gasteiger partial charge in [-0.3, -0.25) is 19.2 Å². The molecule has 1 aliphatic heterocycles. The van der Waals surface area contributed by atoms with Gasteiger partial charge in [0.2, 0.25) is 5.91 Å². The Kier molecular flexibility index (Phi) is 9.19. The Morgan fingerprint density at radius 2 is 1.93 bits per heavy atom. The van der Waals surface area contributed by atoms with Gasteiger partial charge in [0.15, 0.2) is 5.82 Å². The topological polar surface area (TPSA) is 124 Å². The predicted molar refractivity (Wildman–Crippen MR) is 168 cm³/mol. The zero-order valence-corrected chi connectivity index (χ0v) is 26.1. The molecular formula is C33H33ClFN5O5. The molecule has 2 amide bonds. The minimum Gasteiger partial charge on any atom is -0.469 e. The number of aromatic nitrogens is 3. The van der Waals surface area contributed by atoms with Gasteiger partial charge in [0.25, 0.3) is 11.5 Å². The quantitative estimate of drug-likeness (QED) is 0.288. The molecule has 0 unspecified atom stereocenters. The molecule has 3 heterocycles. The molecule has 0 fully saturated rings. The van der Waals surface area contributed by atoms with Crippen LogP contribution >= 0.6 is 11.6 Å². The third-order valence-electron chi connectivity index (χ3n) is 8.18. The van der Waals surface area contributed by atoms with Crippen molar-refractivity contribution in [3.63, 3.8) is 0 Å². The number of halogens is 2.